The van der Waals surface area contributed by atoms with Gasteiger partial charge in [0.25, 0.3) is 40.9 Å². The zero-order valence-corrected chi connectivity index (χ0v) is 36.2. The molecule has 71 heavy (non-hydrogen) atoms. The number of benzene rings is 3. The summed E-state index contributed by atoms with van der Waals surface area (Å²) in [6.45, 7) is -0.767. The van der Waals surface area contributed by atoms with Crippen LogP contribution in [0.5, 0.6) is 5.75 Å². The van der Waals surface area contributed by atoms with E-state index in [-0.39, 0.29) is 16.9 Å². The fourth-order valence-electron chi connectivity index (χ4n) is 5.80. The van der Waals surface area contributed by atoms with E-state index in [4.69, 9.17) is 51.6 Å². The van der Waals surface area contributed by atoms with Crippen LogP contribution in [0.15, 0.2) is 86.7 Å². The molecule has 0 aromatic heterocycles. The van der Waals surface area contributed by atoms with Gasteiger partial charge in [-0.15, -0.1) is 0 Å². The SMILES string of the molecule is NC(=O)C(N=C(N)N)NC(=O)C(N=C(N)N)NC(=O)C(N=C(N)N)NC(=O)C(N=C(N)N)NC(=O)C(NC(=O)C(O)N(Cc1ccc(O)cc1)c1c(C(=O)O)cc([N+](=O)[O-])cc1[N+](=O)[O-])c1ccccc1. The van der Waals surface area contributed by atoms with Crippen molar-refractivity contribution in [2.24, 2.45) is 71.6 Å². The maximum atomic E-state index is 14.2. The van der Waals surface area contributed by atoms with E-state index < -0.39 is 141 Å². The Hall–Kier alpha value is -10.6. The Kier molecular flexibility index (Phi) is 18.7. The molecule has 0 aliphatic rings. The van der Waals surface area contributed by atoms with Gasteiger partial charge in [0.15, 0.2) is 23.8 Å². The van der Waals surface area contributed by atoms with Crippen LogP contribution < -0.4 is 83.1 Å². The lowest BCUT2D eigenvalue weighted by atomic mass is 10.0. The molecule has 6 unspecified atom stereocenters. The summed E-state index contributed by atoms with van der Waals surface area (Å²) in [5.74, 6) is -14.2. The highest BCUT2D eigenvalue weighted by Gasteiger charge is 2.39. The molecule has 0 radical (unpaired) electrons. The van der Waals surface area contributed by atoms with Gasteiger partial charge in [-0.3, -0.25) is 49.0 Å². The van der Waals surface area contributed by atoms with Crippen LogP contribution >= 0.6 is 0 Å². The molecule has 6 atom stereocenters. The maximum Gasteiger partial charge on any atom is 0.338 e. The van der Waals surface area contributed by atoms with Crippen molar-refractivity contribution in [2.45, 2.75) is 43.5 Å². The first-order valence-electron chi connectivity index (χ1n) is 19.3. The van der Waals surface area contributed by atoms with E-state index in [1.807, 2.05) is 16.0 Å². The highest BCUT2D eigenvalue weighted by Crippen LogP contribution is 2.38. The summed E-state index contributed by atoms with van der Waals surface area (Å²) in [5.41, 5.74) is 44.0. The molecule has 0 saturated carbocycles. The van der Waals surface area contributed by atoms with Crippen molar-refractivity contribution in [1.29, 1.82) is 0 Å². The van der Waals surface area contributed by atoms with Crippen molar-refractivity contribution in [3.05, 3.63) is 104 Å². The number of aliphatic imine (C=N–C) groups is 4. The Morgan fingerprint density at radius 2 is 1.03 bits per heavy atom. The molecule has 0 saturated heterocycles. The van der Waals surface area contributed by atoms with E-state index in [2.05, 4.69) is 30.6 Å². The largest absolute Gasteiger partial charge is 0.508 e. The number of non-ortho nitro benzene ring substituents is 1. The highest BCUT2D eigenvalue weighted by molar-refractivity contribution is 6.01. The number of nitrogens with one attached hydrogen (secondary N) is 5. The number of phenols is 1. The monoisotopic (exact) mass is 995 g/mol. The number of aromatic hydroxyl groups is 1. The Balaban J connectivity index is 2.07. The van der Waals surface area contributed by atoms with Crippen LogP contribution in [-0.4, -0.2) is 121 Å². The summed E-state index contributed by atoms with van der Waals surface area (Å²) in [6.07, 6.45) is -11.3. The van der Waals surface area contributed by atoms with Crippen LogP contribution in [0.3, 0.4) is 0 Å². The number of carbonyl (C=O) groups excluding carboxylic acids is 6. The number of hydrogen-bond donors (Lipinski definition) is 17. The molecule has 3 rings (SSSR count). The summed E-state index contributed by atoms with van der Waals surface area (Å²) in [4.78, 5) is 129. The first-order chi connectivity index (χ1) is 33.2. The number of nitrogens with two attached hydrogens (primary N) is 9. The second-order valence-electron chi connectivity index (χ2n) is 14.0. The fraction of sp³-hybridized carbons (Fsp3) is 0.194. The summed E-state index contributed by atoms with van der Waals surface area (Å²) in [5, 5.41) is 65.8. The highest BCUT2D eigenvalue weighted by atomic mass is 16.6. The first kappa shape index (κ1) is 54.7. The van der Waals surface area contributed by atoms with Crippen molar-refractivity contribution in [3.8, 4) is 5.75 Å². The van der Waals surface area contributed by atoms with Crippen molar-refractivity contribution < 1.29 is 58.7 Å². The van der Waals surface area contributed by atoms with Crippen LogP contribution in [0.1, 0.15) is 27.5 Å². The number of aliphatic hydroxyl groups is 1. The number of carbonyl (C=O) groups is 7. The maximum absolute atomic E-state index is 14.2. The summed E-state index contributed by atoms with van der Waals surface area (Å²) < 4.78 is 0. The number of carboxylic acids is 1. The van der Waals surface area contributed by atoms with Gasteiger partial charge >= 0.3 is 5.97 Å². The van der Waals surface area contributed by atoms with Gasteiger partial charge in [-0.25, -0.2) is 24.8 Å². The standard InChI is InChI=1S/C36H45N21O14/c37-21(59)22(51-33(38)39)47-27(61)24(53-35(42)43)49-29(63)25(54-36(44)45)50-28(62)23(52-34(40)41)48-26(60)19(14-4-2-1-3-5-14)46-30(64)31(65)55(12-13-6-8-16(58)9-7-13)20-17(32(66)67)10-15(56(68)69)11-18(20)57(70)71/h1-11,19,22-25,31,58,65H,12H2,(H2,37,59)(H,46,64)(H,47,61)(H,48,60)(H,49,63)(H,50,62)(H,66,67)(H4,38,39,51)(H4,40,41,52)(H4,42,43,53)(H4,44,45,54). The molecule has 0 spiro atoms. The number of rotatable bonds is 23. The van der Waals surface area contributed by atoms with Crippen LogP contribution in [0.4, 0.5) is 17.1 Å². The second kappa shape index (κ2) is 24.2. The number of nitro benzene ring substituents is 2. The van der Waals surface area contributed by atoms with E-state index in [0.717, 1.165) is 12.1 Å². The number of amides is 6. The minimum absolute atomic E-state index is 0.0735. The minimum atomic E-state index is -2.70. The van der Waals surface area contributed by atoms with Crippen LogP contribution in [-0.2, 0) is 35.3 Å². The number of aliphatic hydroxyl groups excluding tert-OH is 1. The first-order valence-corrected chi connectivity index (χ1v) is 19.3. The van der Waals surface area contributed by atoms with Crippen molar-refractivity contribution in [2.75, 3.05) is 4.90 Å². The number of nitro groups is 2. The number of carboxylic acid groups (broad SMARTS) is 1. The lowest BCUT2D eigenvalue weighted by Crippen LogP contribution is -2.58. The van der Waals surface area contributed by atoms with Gasteiger partial charge in [0.1, 0.15) is 17.5 Å². The fourth-order valence-corrected chi connectivity index (χ4v) is 5.80. The van der Waals surface area contributed by atoms with E-state index in [0.29, 0.717) is 17.0 Å². The third kappa shape index (κ3) is 15.8. The molecular formula is C36H45N21O14. The van der Waals surface area contributed by atoms with Crippen LogP contribution in [0.2, 0.25) is 0 Å². The second-order valence-corrected chi connectivity index (χ2v) is 14.0. The molecule has 3 aromatic carbocycles. The number of hydrogen-bond acceptors (Lipinski definition) is 18. The van der Waals surface area contributed by atoms with Gasteiger partial charge in [0.05, 0.1) is 21.5 Å². The van der Waals surface area contributed by atoms with Gasteiger partial charge in [0.2, 0.25) is 36.8 Å². The zero-order chi connectivity index (χ0) is 53.4. The van der Waals surface area contributed by atoms with E-state index in [1.54, 1.807) is 0 Å². The molecule has 0 heterocycles. The average Bonchev–Trinajstić information content (AvgIpc) is 3.28. The number of anilines is 1. The summed E-state index contributed by atoms with van der Waals surface area (Å²) in [7, 11) is 0. The third-order valence-corrected chi connectivity index (χ3v) is 8.74. The molecule has 3 aromatic rings. The Bertz CT molecular complexity index is 2630. The molecule has 0 fully saturated rings. The summed E-state index contributed by atoms with van der Waals surface area (Å²) in [6, 6.07) is 10.3. The normalized spacial score (nSPS) is 13.0. The van der Waals surface area contributed by atoms with Gasteiger partial charge in [-0.1, -0.05) is 42.5 Å². The molecule has 0 aliphatic heterocycles. The quantitative estimate of drug-likeness (QED) is 0.0138. The number of nitrogens with zero attached hydrogens (tertiary/aromatic N) is 7. The Morgan fingerprint density at radius 1 is 0.592 bits per heavy atom. The average molecular weight is 996 g/mol. The molecule has 0 bridgehead atoms. The predicted molar refractivity (Wildman–Crippen MR) is 244 cm³/mol. The topological polar surface area (TPSA) is 613 Å². The Morgan fingerprint density at radius 3 is 1.44 bits per heavy atom. The Labute approximate surface area is 396 Å². The molecule has 378 valence electrons. The molecule has 6 amide bonds. The van der Waals surface area contributed by atoms with Crippen molar-refractivity contribution in [1.82, 2.24) is 26.6 Å². The van der Waals surface area contributed by atoms with Crippen LogP contribution in [0, 0.1) is 20.2 Å². The number of primary amides is 1. The summed E-state index contributed by atoms with van der Waals surface area (Å²) >= 11 is 0. The minimum Gasteiger partial charge on any atom is -0.508 e. The van der Waals surface area contributed by atoms with E-state index >= 15 is 0 Å². The van der Waals surface area contributed by atoms with E-state index in [9.17, 15) is 69.1 Å². The lowest BCUT2D eigenvalue weighted by Gasteiger charge is -2.31. The van der Waals surface area contributed by atoms with Gasteiger partial charge in [0, 0.05) is 12.6 Å². The van der Waals surface area contributed by atoms with Crippen molar-refractivity contribution in [3.63, 3.8) is 0 Å². The van der Waals surface area contributed by atoms with Gasteiger partial charge in [-0.05, 0) is 23.3 Å². The van der Waals surface area contributed by atoms with Crippen molar-refractivity contribution >= 4 is 82.3 Å². The number of guanidine groups is 4. The smallest absolute Gasteiger partial charge is 0.338 e. The van der Waals surface area contributed by atoms with Gasteiger partial charge in [-0.2, -0.15) is 0 Å². The molecule has 0 aliphatic carbocycles. The molecule has 35 heteroatoms. The zero-order valence-electron chi connectivity index (χ0n) is 36.2. The molecular weight excluding hydrogens is 951 g/mol. The molecule has 35 nitrogen and oxygen atoms in total. The molecule has 26 N–H and O–H groups in total. The number of phenolic OH excluding ortho intramolecular Hbond substituents is 1. The van der Waals surface area contributed by atoms with Gasteiger partial charge < -0.3 is 98.4 Å². The van der Waals surface area contributed by atoms with E-state index in [1.165, 1.54) is 42.5 Å². The number of aromatic carboxylic acids is 1. The third-order valence-electron chi connectivity index (χ3n) is 8.74. The lowest BCUT2D eigenvalue weighted by molar-refractivity contribution is -0.393. The van der Waals surface area contributed by atoms with Crippen LogP contribution in [0.25, 0.3) is 0 Å². The predicted octanol–water partition coefficient (Wildman–Crippen LogP) is -7.56.